The highest BCUT2D eigenvalue weighted by Crippen LogP contribution is 2.25. The Balaban J connectivity index is 1.92. The van der Waals surface area contributed by atoms with E-state index < -0.39 is 11.3 Å². The molecule has 0 spiro atoms. The predicted molar refractivity (Wildman–Crippen MR) is 83.7 cm³/mol. The number of hydrogen-bond donors (Lipinski definition) is 4. The Morgan fingerprint density at radius 1 is 1.45 bits per heavy atom. The summed E-state index contributed by atoms with van der Waals surface area (Å²) in [5, 5.41) is 19.8. The van der Waals surface area contributed by atoms with Gasteiger partial charge in [0.25, 0.3) is 0 Å². The molecule has 0 aromatic heterocycles. The molecular formula is C14H27BrN3O4+. The molecule has 1 saturated carbocycles. The van der Waals surface area contributed by atoms with E-state index in [1.54, 1.807) is 0 Å². The van der Waals surface area contributed by atoms with Crippen molar-refractivity contribution in [1.82, 2.24) is 0 Å². The Hall–Kier alpha value is -0.0900. The molecule has 1 aliphatic heterocycles. The number of halogens is 1. The summed E-state index contributed by atoms with van der Waals surface area (Å²) in [6, 6.07) is -0.582. The molecule has 7 nitrogen and oxygen atoms in total. The van der Waals surface area contributed by atoms with Gasteiger partial charge in [-0.2, -0.15) is 0 Å². The van der Waals surface area contributed by atoms with Crippen LogP contribution in [0.2, 0.25) is 0 Å². The molecule has 2 aliphatic rings. The maximum atomic E-state index is 12.6. The topological polar surface area (TPSA) is 104 Å². The Morgan fingerprint density at radius 3 is 2.82 bits per heavy atom. The molecule has 2 rings (SSSR count). The van der Waals surface area contributed by atoms with Crippen molar-refractivity contribution < 1.29 is 24.9 Å². The van der Waals surface area contributed by atoms with Crippen LogP contribution >= 0.6 is 15.9 Å². The molecule has 1 aliphatic carbocycles. The summed E-state index contributed by atoms with van der Waals surface area (Å²) in [7, 11) is 1.54. The van der Waals surface area contributed by atoms with E-state index in [0.717, 1.165) is 24.3 Å². The third-order valence-corrected chi connectivity index (χ3v) is 5.84. The lowest BCUT2D eigenvalue weighted by molar-refractivity contribution is -1.07. The Morgan fingerprint density at radius 2 is 2.18 bits per heavy atom. The van der Waals surface area contributed by atoms with Gasteiger partial charge in [-0.3, -0.25) is 10.5 Å². The van der Waals surface area contributed by atoms with Crippen molar-refractivity contribution in [1.29, 1.82) is 0 Å². The summed E-state index contributed by atoms with van der Waals surface area (Å²) in [6.07, 6.45) is 3.40. The maximum absolute atomic E-state index is 12.6. The standard InChI is InChI=1S/C14H26BrN3O4/c1-22-13-4-2-9(6-11(13)18(20)21)12(19)8-17-7-10(15)3-5-14(17)16/h9-11,13-14,18,20H,2-8,16H2,1H3/p+1. The normalized spacial score (nSPS) is 41.1. The van der Waals surface area contributed by atoms with E-state index in [1.807, 2.05) is 0 Å². The van der Waals surface area contributed by atoms with E-state index in [9.17, 15) is 15.2 Å². The van der Waals surface area contributed by atoms with Gasteiger partial charge in [-0.1, -0.05) is 15.9 Å². The maximum Gasteiger partial charge on any atom is 0.190 e. The van der Waals surface area contributed by atoms with Crippen LogP contribution in [0.5, 0.6) is 0 Å². The van der Waals surface area contributed by atoms with Crippen LogP contribution in [-0.4, -0.2) is 54.3 Å². The minimum absolute atomic E-state index is 0.00309. The van der Waals surface area contributed by atoms with Crippen molar-refractivity contribution in [3.63, 3.8) is 0 Å². The lowest BCUT2D eigenvalue weighted by Crippen LogP contribution is -3.20. The number of nitrogens with one attached hydrogen (secondary N) is 2. The molecule has 7 unspecified atom stereocenters. The first-order chi connectivity index (χ1) is 10.4. The highest BCUT2D eigenvalue weighted by Gasteiger charge is 2.40. The lowest BCUT2D eigenvalue weighted by Gasteiger charge is -2.37. The number of carbonyl (C=O) groups is 1. The minimum atomic E-state index is -0.869. The zero-order chi connectivity index (χ0) is 16.3. The van der Waals surface area contributed by atoms with Gasteiger partial charge in [-0.25, -0.2) is 10.4 Å². The Labute approximate surface area is 139 Å². The number of hydroxylamine groups is 2. The number of quaternary nitrogens is 2. The molecule has 7 atom stereocenters. The van der Waals surface area contributed by atoms with Gasteiger partial charge >= 0.3 is 0 Å². The number of hydrogen-bond acceptors (Lipinski definition) is 5. The number of piperidine rings is 1. The number of alkyl halides is 1. The molecule has 1 heterocycles. The minimum Gasteiger partial charge on any atom is -0.600 e. The Bertz CT molecular complexity index is 385. The van der Waals surface area contributed by atoms with Crippen LogP contribution in [0.25, 0.3) is 0 Å². The van der Waals surface area contributed by atoms with Crippen LogP contribution in [0.3, 0.4) is 0 Å². The van der Waals surface area contributed by atoms with Crippen molar-refractivity contribution in [3.05, 3.63) is 5.21 Å². The van der Waals surface area contributed by atoms with Gasteiger partial charge < -0.3 is 14.8 Å². The van der Waals surface area contributed by atoms with Gasteiger partial charge in [-0.15, -0.1) is 0 Å². The number of methoxy groups -OCH3 is 1. The van der Waals surface area contributed by atoms with E-state index in [4.69, 9.17) is 10.5 Å². The molecule has 2 fully saturated rings. The van der Waals surface area contributed by atoms with E-state index >= 15 is 0 Å². The zero-order valence-electron chi connectivity index (χ0n) is 13.0. The molecule has 8 heteroatoms. The van der Waals surface area contributed by atoms with Crippen LogP contribution in [0.15, 0.2) is 0 Å². The summed E-state index contributed by atoms with van der Waals surface area (Å²) >= 11 is 3.61. The summed E-state index contributed by atoms with van der Waals surface area (Å²) in [6.45, 7) is 1.25. The predicted octanol–water partition coefficient (Wildman–Crippen LogP) is -1.76. The van der Waals surface area contributed by atoms with E-state index in [-0.39, 0.29) is 24.0 Å². The first-order valence-electron chi connectivity index (χ1n) is 7.95. The van der Waals surface area contributed by atoms with Crippen LogP contribution in [0.4, 0.5) is 0 Å². The molecule has 1 saturated heterocycles. The van der Waals surface area contributed by atoms with Gasteiger partial charge in [0, 0.05) is 25.9 Å². The molecule has 0 radical (unpaired) electrons. The molecule has 22 heavy (non-hydrogen) atoms. The smallest absolute Gasteiger partial charge is 0.190 e. The summed E-state index contributed by atoms with van der Waals surface area (Å²) in [5.74, 6) is -0.0317. The highest BCUT2D eigenvalue weighted by atomic mass is 79.9. The van der Waals surface area contributed by atoms with Crippen molar-refractivity contribution in [3.8, 4) is 0 Å². The second kappa shape index (κ2) is 8.14. The number of likely N-dealkylation sites (tertiary alicyclic amines) is 1. The first-order valence-corrected chi connectivity index (χ1v) is 8.86. The first kappa shape index (κ1) is 18.3. The molecule has 0 aromatic carbocycles. The third-order valence-electron chi connectivity index (χ3n) is 5.06. The molecule has 0 bridgehead atoms. The second-order valence-corrected chi connectivity index (χ2v) is 7.81. The number of Topliss-reactive ketones (excluding diaryl/α,β-unsaturated/α-hetero) is 1. The van der Waals surface area contributed by atoms with Gasteiger partial charge in [0.1, 0.15) is 24.9 Å². The van der Waals surface area contributed by atoms with Crippen molar-refractivity contribution in [2.24, 2.45) is 11.7 Å². The number of ketones is 1. The fraction of sp³-hybridized carbons (Fsp3) is 0.929. The molecule has 128 valence electrons. The molecular weight excluding hydrogens is 354 g/mol. The fourth-order valence-electron chi connectivity index (χ4n) is 3.65. The Kier molecular flexibility index (Phi) is 6.75. The van der Waals surface area contributed by atoms with Crippen molar-refractivity contribution >= 4 is 21.7 Å². The highest BCUT2D eigenvalue weighted by molar-refractivity contribution is 9.09. The van der Waals surface area contributed by atoms with Crippen LogP contribution in [-0.2, 0) is 9.53 Å². The number of ether oxygens (including phenoxy) is 1. The number of rotatable bonds is 5. The number of nitrogens with two attached hydrogens (primary N) is 1. The van der Waals surface area contributed by atoms with E-state index in [0.29, 0.717) is 30.6 Å². The van der Waals surface area contributed by atoms with Gasteiger partial charge in [0.2, 0.25) is 0 Å². The average Bonchev–Trinajstić information content (AvgIpc) is 2.50. The SMILES string of the molecule is COC1CCC(C(=O)C[NH+]2CC(Br)CCC2N)CC1[NH+]([O-])O. The van der Waals surface area contributed by atoms with Crippen molar-refractivity contribution in [2.75, 3.05) is 20.2 Å². The fourth-order valence-corrected chi connectivity index (χ4v) is 4.33. The lowest BCUT2D eigenvalue weighted by atomic mass is 9.81. The van der Waals surface area contributed by atoms with Crippen LogP contribution < -0.4 is 15.9 Å². The van der Waals surface area contributed by atoms with Crippen LogP contribution in [0, 0.1) is 11.1 Å². The molecule has 0 aromatic rings. The van der Waals surface area contributed by atoms with Gasteiger partial charge in [0.05, 0.1) is 11.4 Å². The largest absolute Gasteiger partial charge is 0.600 e. The monoisotopic (exact) mass is 380 g/mol. The zero-order valence-corrected chi connectivity index (χ0v) is 14.5. The van der Waals surface area contributed by atoms with Crippen molar-refractivity contribution in [2.45, 2.75) is 55.2 Å². The van der Waals surface area contributed by atoms with E-state index in [2.05, 4.69) is 15.9 Å². The average molecular weight is 381 g/mol. The summed E-state index contributed by atoms with van der Waals surface area (Å²) in [4.78, 5) is 14.1. The molecule has 0 amide bonds. The summed E-state index contributed by atoms with van der Waals surface area (Å²) in [5.41, 5.74) is 6.11. The summed E-state index contributed by atoms with van der Waals surface area (Å²) < 4.78 is 5.25. The van der Waals surface area contributed by atoms with Gasteiger partial charge in [-0.05, 0) is 19.3 Å². The van der Waals surface area contributed by atoms with Gasteiger partial charge in [0.15, 0.2) is 5.78 Å². The van der Waals surface area contributed by atoms with E-state index in [1.165, 1.54) is 7.11 Å². The molecule has 5 N–H and O–H groups in total. The number of carbonyl (C=O) groups excluding carboxylic acids is 1. The van der Waals surface area contributed by atoms with Crippen LogP contribution in [0.1, 0.15) is 32.1 Å². The second-order valence-electron chi connectivity index (χ2n) is 6.52. The third kappa shape index (κ3) is 4.47. The quantitative estimate of drug-likeness (QED) is 0.334.